The van der Waals surface area contributed by atoms with Crippen LogP contribution in [0.2, 0.25) is 10.0 Å². The maximum Gasteiger partial charge on any atom is 0.0595 e. The lowest BCUT2D eigenvalue weighted by Gasteiger charge is -2.28. The Hall–Kier alpha value is -0.240. The first-order valence-corrected chi connectivity index (χ1v) is 7.10. The van der Waals surface area contributed by atoms with Gasteiger partial charge in [-0.15, -0.1) is 0 Å². The van der Waals surface area contributed by atoms with Crippen molar-refractivity contribution in [1.82, 2.24) is 5.32 Å². The molecule has 1 aromatic carbocycles. The highest BCUT2D eigenvalue weighted by Crippen LogP contribution is 2.24. The zero-order valence-electron chi connectivity index (χ0n) is 10.2. The molecule has 17 heavy (non-hydrogen) atoms. The van der Waals surface area contributed by atoms with Crippen LogP contribution in [0.5, 0.6) is 0 Å². The fraction of sp³-hybridized carbons (Fsp3) is 0.571. The predicted octanol–water partition coefficient (Wildman–Crippen LogP) is 4.46. The van der Waals surface area contributed by atoms with E-state index in [-0.39, 0.29) is 0 Å². The van der Waals surface area contributed by atoms with Crippen molar-refractivity contribution in [3.8, 4) is 0 Å². The monoisotopic (exact) mass is 271 g/mol. The second-order valence-electron chi connectivity index (χ2n) is 4.98. The molecule has 0 saturated carbocycles. The maximum absolute atomic E-state index is 6.01. The Morgan fingerprint density at radius 3 is 2.76 bits per heavy atom. The molecule has 1 aliphatic heterocycles. The lowest BCUT2D eigenvalue weighted by molar-refractivity contribution is 0.322. The van der Waals surface area contributed by atoms with Gasteiger partial charge < -0.3 is 5.32 Å². The van der Waals surface area contributed by atoms with Gasteiger partial charge in [0, 0.05) is 12.1 Å². The van der Waals surface area contributed by atoms with E-state index < -0.39 is 0 Å². The summed E-state index contributed by atoms with van der Waals surface area (Å²) in [4.78, 5) is 0. The molecule has 1 fully saturated rings. The Labute approximate surface area is 114 Å². The second kappa shape index (κ2) is 6.08. The van der Waals surface area contributed by atoms with E-state index in [1.54, 1.807) is 0 Å². The van der Waals surface area contributed by atoms with Crippen LogP contribution in [0.4, 0.5) is 0 Å². The Morgan fingerprint density at radius 2 is 2.06 bits per heavy atom. The summed E-state index contributed by atoms with van der Waals surface area (Å²) < 4.78 is 0. The normalized spacial score (nSPS) is 24.9. The van der Waals surface area contributed by atoms with Crippen molar-refractivity contribution in [1.29, 1.82) is 0 Å². The fourth-order valence-corrected chi connectivity index (χ4v) is 2.82. The molecule has 1 aromatic rings. The van der Waals surface area contributed by atoms with E-state index in [0.717, 1.165) is 6.42 Å². The highest BCUT2D eigenvalue weighted by atomic mass is 35.5. The van der Waals surface area contributed by atoms with Crippen LogP contribution in [0, 0.1) is 0 Å². The van der Waals surface area contributed by atoms with Gasteiger partial charge in [0.25, 0.3) is 0 Å². The molecular formula is C14H19Cl2N. The number of benzene rings is 1. The van der Waals surface area contributed by atoms with E-state index in [1.807, 2.05) is 12.1 Å². The van der Waals surface area contributed by atoms with Crippen molar-refractivity contribution in [2.24, 2.45) is 0 Å². The van der Waals surface area contributed by atoms with Crippen LogP contribution in [-0.2, 0) is 6.42 Å². The largest absolute Gasteiger partial charge is 0.311 e. The average molecular weight is 272 g/mol. The molecular weight excluding hydrogens is 253 g/mol. The first-order chi connectivity index (χ1) is 8.15. The Bertz CT molecular complexity index is 378. The van der Waals surface area contributed by atoms with Crippen LogP contribution in [0.1, 0.15) is 38.2 Å². The zero-order valence-corrected chi connectivity index (χ0v) is 11.7. The number of rotatable bonds is 3. The SMILES string of the molecule is CC1CCCC(CCc2ccc(Cl)c(Cl)c2)N1. The van der Waals surface area contributed by atoms with E-state index in [9.17, 15) is 0 Å². The molecule has 2 atom stereocenters. The highest BCUT2D eigenvalue weighted by molar-refractivity contribution is 6.42. The van der Waals surface area contributed by atoms with Crippen LogP contribution in [0.3, 0.4) is 0 Å². The first-order valence-electron chi connectivity index (χ1n) is 6.35. The van der Waals surface area contributed by atoms with Crippen molar-refractivity contribution < 1.29 is 0 Å². The third kappa shape index (κ3) is 3.87. The van der Waals surface area contributed by atoms with Crippen LogP contribution < -0.4 is 5.32 Å². The third-order valence-corrected chi connectivity index (χ3v) is 4.21. The summed E-state index contributed by atoms with van der Waals surface area (Å²) in [7, 11) is 0. The standard InChI is InChI=1S/C14H19Cl2N/c1-10-3-2-4-12(17-10)7-5-11-6-8-13(15)14(16)9-11/h6,8-10,12,17H,2-5,7H2,1H3. The summed E-state index contributed by atoms with van der Waals surface area (Å²) in [6, 6.07) is 7.27. The average Bonchev–Trinajstić information content (AvgIpc) is 2.31. The van der Waals surface area contributed by atoms with E-state index >= 15 is 0 Å². The zero-order chi connectivity index (χ0) is 12.3. The number of piperidine rings is 1. The van der Waals surface area contributed by atoms with Crippen LogP contribution in [-0.4, -0.2) is 12.1 Å². The van der Waals surface area contributed by atoms with E-state index in [4.69, 9.17) is 23.2 Å². The van der Waals surface area contributed by atoms with Crippen LogP contribution in [0.25, 0.3) is 0 Å². The Balaban J connectivity index is 1.86. The lowest BCUT2D eigenvalue weighted by Crippen LogP contribution is -2.40. The van der Waals surface area contributed by atoms with E-state index in [2.05, 4.69) is 18.3 Å². The predicted molar refractivity (Wildman–Crippen MR) is 75.0 cm³/mol. The topological polar surface area (TPSA) is 12.0 Å². The molecule has 0 amide bonds. The van der Waals surface area contributed by atoms with Crippen LogP contribution >= 0.6 is 23.2 Å². The third-order valence-electron chi connectivity index (χ3n) is 3.48. The smallest absolute Gasteiger partial charge is 0.0595 e. The summed E-state index contributed by atoms with van der Waals surface area (Å²) in [6.07, 6.45) is 6.21. The van der Waals surface area contributed by atoms with Crippen molar-refractivity contribution >= 4 is 23.2 Å². The molecule has 1 N–H and O–H groups in total. The van der Waals surface area contributed by atoms with Gasteiger partial charge in [-0.25, -0.2) is 0 Å². The molecule has 2 unspecified atom stereocenters. The Morgan fingerprint density at radius 1 is 1.24 bits per heavy atom. The van der Waals surface area contributed by atoms with Crippen LogP contribution in [0.15, 0.2) is 18.2 Å². The van der Waals surface area contributed by atoms with Gasteiger partial charge in [0.2, 0.25) is 0 Å². The lowest BCUT2D eigenvalue weighted by atomic mass is 9.95. The number of aryl methyl sites for hydroxylation is 1. The van der Waals surface area contributed by atoms with E-state index in [1.165, 1.54) is 31.2 Å². The van der Waals surface area contributed by atoms with E-state index in [0.29, 0.717) is 22.1 Å². The van der Waals surface area contributed by atoms with Gasteiger partial charge in [0.15, 0.2) is 0 Å². The molecule has 0 aromatic heterocycles. The minimum atomic E-state index is 0.639. The van der Waals surface area contributed by atoms with Gasteiger partial charge in [0.05, 0.1) is 10.0 Å². The van der Waals surface area contributed by atoms with Gasteiger partial charge in [-0.05, 0) is 50.3 Å². The first kappa shape index (κ1) is 13.2. The molecule has 3 heteroatoms. The molecule has 1 heterocycles. The molecule has 0 bridgehead atoms. The number of nitrogens with one attached hydrogen (secondary N) is 1. The van der Waals surface area contributed by atoms with Gasteiger partial charge in [-0.2, -0.15) is 0 Å². The van der Waals surface area contributed by atoms with Crippen molar-refractivity contribution in [2.45, 2.75) is 51.1 Å². The number of hydrogen-bond acceptors (Lipinski definition) is 1. The van der Waals surface area contributed by atoms with Gasteiger partial charge in [0.1, 0.15) is 0 Å². The number of halogens is 2. The van der Waals surface area contributed by atoms with Gasteiger partial charge in [-0.1, -0.05) is 35.7 Å². The molecule has 1 saturated heterocycles. The minimum absolute atomic E-state index is 0.639. The molecule has 0 radical (unpaired) electrons. The fourth-order valence-electron chi connectivity index (χ4n) is 2.50. The molecule has 0 aliphatic carbocycles. The molecule has 2 rings (SSSR count). The second-order valence-corrected chi connectivity index (χ2v) is 5.80. The molecule has 1 aliphatic rings. The number of hydrogen-bond donors (Lipinski definition) is 1. The van der Waals surface area contributed by atoms with Crippen molar-refractivity contribution in [3.05, 3.63) is 33.8 Å². The van der Waals surface area contributed by atoms with Gasteiger partial charge in [-0.3, -0.25) is 0 Å². The molecule has 0 spiro atoms. The van der Waals surface area contributed by atoms with Crippen molar-refractivity contribution in [2.75, 3.05) is 0 Å². The molecule has 1 nitrogen and oxygen atoms in total. The maximum atomic E-state index is 6.01. The highest BCUT2D eigenvalue weighted by Gasteiger charge is 2.17. The summed E-state index contributed by atoms with van der Waals surface area (Å²) in [5, 5.41) is 4.95. The quantitative estimate of drug-likeness (QED) is 0.856. The minimum Gasteiger partial charge on any atom is -0.311 e. The summed E-state index contributed by atoms with van der Waals surface area (Å²) >= 11 is 11.9. The summed E-state index contributed by atoms with van der Waals surface area (Å²) in [6.45, 7) is 2.27. The van der Waals surface area contributed by atoms with Gasteiger partial charge >= 0.3 is 0 Å². The Kier molecular flexibility index (Phi) is 4.72. The summed E-state index contributed by atoms with van der Waals surface area (Å²) in [5.41, 5.74) is 1.28. The van der Waals surface area contributed by atoms with Crippen molar-refractivity contribution in [3.63, 3.8) is 0 Å². The summed E-state index contributed by atoms with van der Waals surface area (Å²) in [5.74, 6) is 0. The molecule has 94 valence electrons.